The largest absolute Gasteiger partial charge is 0.497 e. The number of hydrogen-bond acceptors (Lipinski definition) is 4. The monoisotopic (exact) mass is 265 g/mol. The predicted octanol–water partition coefficient (Wildman–Crippen LogP) is 1.31. The van der Waals surface area contributed by atoms with Gasteiger partial charge in [-0.25, -0.2) is 0 Å². The molecule has 1 aromatic rings. The third-order valence-electron chi connectivity index (χ3n) is 2.61. The Kier molecular flexibility index (Phi) is 5.85. The van der Waals surface area contributed by atoms with Crippen LogP contribution in [0.25, 0.3) is 0 Å². The average Bonchev–Trinajstić information content (AvgIpc) is 2.38. The van der Waals surface area contributed by atoms with Gasteiger partial charge in [0.1, 0.15) is 5.75 Å². The third kappa shape index (κ3) is 5.42. The van der Waals surface area contributed by atoms with Crippen LogP contribution < -0.4 is 10.1 Å². The number of hydrogen-bond donors (Lipinski definition) is 1. The number of methoxy groups -OCH3 is 2. The summed E-state index contributed by atoms with van der Waals surface area (Å²) >= 11 is 0. The molecular formula is C14H19NO4. The second-order valence-corrected chi connectivity index (χ2v) is 4.28. The molecule has 1 rings (SSSR count). The number of benzene rings is 1. The molecule has 0 bridgehead atoms. The van der Waals surface area contributed by atoms with E-state index < -0.39 is 0 Å². The molecule has 0 aliphatic rings. The summed E-state index contributed by atoms with van der Waals surface area (Å²) in [6, 6.07) is 7.07. The van der Waals surface area contributed by atoms with E-state index in [-0.39, 0.29) is 30.8 Å². The molecule has 1 amide bonds. The molecule has 0 aliphatic heterocycles. The zero-order valence-electron chi connectivity index (χ0n) is 11.4. The molecule has 5 nitrogen and oxygen atoms in total. The quantitative estimate of drug-likeness (QED) is 0.788. The summed E-state index contributed by atoms with van der Waals surface area (Å²) in [5.74, 6) is 0.242. The molecule has 0 aromatic heterocycles. The first-order chi connectivity index (χ1) is 9.05. The van der Waals surface area contributed by atoms with Crippen LogP contribution in [0.3, 0.4) is 0 Å². The number of amides is 1. The summed E-state index contributed by atoms with van der Waals surface area (Å²) in [5.41, 5.74) is 0.863. The number of ether oxygens (including phenoxy) is 2. The number of carbonyl (C=O) groups excluding carboxylic acids is 2. The van der Waals surface area contributed by atoms with Crippen molar-refractivity contribution < 1.29 is 19.1 Å². The fourth-order valence-electron chi connectivity index (χ4n) is 1.68. The van der Waals surface area contributed by atoms with Crippen LogP contribution in [0.15, 0.2) is 24.3 Å². The molecule has 104 valence electrons. The number of nitrogens with one attached hydrogen (secondary N) is 1. The topological polar surface area (TPSA) is 64.6 Å². The molecule has 0 saturated carbocycles. The van der Waals surface area contributed by atoms with Crippen molar-refractivity contribution in [1.29, 1.82) is 0 Å². The van der Waals surface area contributed by atoms with Crippen molar-refractivity contribution in [2.45, 2.75) is 25.8 Å². The molecule has 1 aromatic carbocycles. The minimum Gasteiger partial charge on any atom is -0.497 e. The Balaban J connectivity index is 2.48. The predicted molar refractivity (Wildman–Crippen MR) is 70.9 cm³/mol. The summed E-state index contributed by atoms with van der Waals surface area (Å²) in [5, 5.41) is 2.75. The van der Waals surface area contributed by atoms with Gasteiger partial charge in [-0.15, -0.1) is 0 Å². The van der Waals surface area contributed by atoms with Crippen LogP contribution in [-0.2, 0) is 20.7 Å². The van der Waals surface area contributed by atoms with Gasteiger partial charge in [-0.1, -0.05) is 12.1 Å². The lowest BCUT2D eigenvalue weighted by molar-refractivity contribution is -0.141. The maximum absolute atomic E-state index is 11.8. The molecule has 0 heterocycles. The van der Waals surface area contributed by atoms with Gasteiger partial charge in [0.15, 0.2) is 0 Å². The Morgan fingerprint density at radius 2 is 2.05 bits per heavy atom. The van der Waals surface area contributed by atoms with E-state index in [0.29, 0.717) is 5.75 Å². The summed E-state index contributed by atoms with van der Waals surface area (Å²) in [4.78, 5) is 22.8. The van der Waals surface area contributed by atoms with E-state index in [1.807, 2.05) is 24.3 Å². The van der Waals surface area contributed by atoms with Crippen molar-refractivity contribution in [3.63, 3.8) is 0 Å². The van der Waals surface area contributed by atoms with Crippen molar-refractivity contribution in [2.24, 2.45) is 0 Å². The highest BCUT2D eigenvalue weighted by Gasteiger charge is 2.12. The highest BCUT2D eigenvalue weighted by atomic mass is 16.5. The van der Waals surface area contributed by atoms with Crippen molar-refractivity contribution in [2.75, 3.05) is 14.2 Å². The zero-order valence-corrected chi connectivity index (χ0v) is 11.4. The molecular weight excluding hydrogens is 246 g/mol. The summed E-state index contributed by atoms with van der Waals surface area (Å²) in [6.45, 7) is 1.76. The maximum atomic E-state index is 11.8. The molecule has 1 N–H and O–H groups in total. The molecule has 0 aliphatic carbocycles. The number of esters is 1. The van der Waals surface area contributed by atoms with Crippen LogP contribution in [-0.4, -0.2) is 32.1 Å². The van der Waals surface area contributed by atoms with Gasteiger partial charge in [0.2, 0.25) is 5.91 Å². The molecule has 0 spiro atoms. The minimum atomic E-state index is -0.339. The lowest BCUT2D eigenvalue weighted by Crippen LogP contribution is -2.35. The molecule has 1 atom stereocenters. The average molecular weight is 265 g/mol. The maximum Gasteiger partial charge on any atom is 0.307 e. The van der Waals surface area contributed by atoms with E-state index in [0.717, 1.165) is 5.56 Å². The van der Waals surface area contributed by atoms with Gasteiger partial charge >= 0.3 is 5.97 Å². The first-order valence-electron chi connectivity index (χ1n) is 6.04. The van der Waals surface area contributed by atoms with E-state index in [9.17, 15) is 9.59 Å². The van der Waals surface area contributed by atoms with Gasteiger partial charge in [0.05, 0.1) is 27.1 Å². The second kappa shape index (κ2) is 7.41. The van der Waals surface area contributed by atoms with Crippen LogP contribution in [0.1, 0.15) is 18.9 Å². The Bertz CT molecular complexity index is 445. The molecule has 0 saturated heterocycles. The van der Waals surface area contributed by atoms with Gasteiger partial charge in [-0.05, 0) is 24.6 Å². The van der Waals surface area contributed by atoms with E-state index in [4.69, 9.17) is 4.74 Å². The van der Waals surface area contributed by atoms with E-state index in [1.165, 1.54) is 7.11 Å². The van der Waals surface area contributed by atoms with E-state index in [1.54, 1.807) is 14.0 Å². The number of rotatable bonds is 6. The molecule has 0 fully saturated rings. The highest BCUT2D eigenvalue weighted by molar-refractivity contribution is 5.79. The third-order valence-corrected chi connectivity index (χ3v) is 2.61. The molecule has 5 heteroatoms. The van der Waals surface area contributed by atoms with Crippen molar-refractivity contribution in [1.82, 2.24) is 5.32 Å². The van der Waals surface area contributed by atoms with Gasteiger partial charge in [-0.3, -0.25) is 9.59 Å². The number of carbonyl (C=O) groups is 2. The van der Waals surface area contributed by atoms with Crippen LogP contribution >= 0.6 is 0 Å². The van der Waals surface area contributed by atoms with Crippen LogP contribution in [0.2, 0.25) is 0 Å². The first kappa shape index (κ1) is 15.0. The van der Waals surface area contributed by atoms with Gasteiger partial charge in [-0.2, -0.15) is 0 Å². The molecule has 19 heavy (non-hydrogen) atoms. The van der Waals surface area contributed by atoms with E-state index in [2.05, 4.69) is 10.1 Å². The van der Waals surface area contributed by atoms with Crippen molar-refractivity contribution in [3.05, 3.63) is 29.8 Å². The Morgan fingerprint density at radius 3 is 2.68 bits per heavy atom. The van der Waals surface area contributed by atoms with Crippen molar-refractivity contribution >= 4 is 11.9 Å². The Morgan fingerprint density at radius 1 is 1.32 bits per heavy atom. The summed E-state index contributed by atoms with van der Waals surface area (Å²) < 4.78 is 9.64. The highest BCUT2D eigenvalue weighted by Crippen LogP contribution is 2.12. The Hall–Kier alpha value is -2.04. The van der Waals surface area contributed by atoms with E-state index >= 15 is 0 Å². The van der Waals surface area contributed by atoms with Gasteiger partial charge in [0.25, 0.3) is 0 Å². The fourth-order valence-corrected chi connectivity index (χ4v) is 1.68. The minimum absolute atomic E-state index is 0.135. The van der Waals surface area contributed by atoms with Crippen LogP contribution in [0.5, 0.6) is 5.75 Å². The lowest BCUT2D eigenvalue weighted by Gasteiger charge is -2.12. The molecule has 1 unspecified atom stereocenters. The van der Waals surface area contributed by atoms with Crippen molar-refractivity contribution in [3.8, 4) is 5.75 Å². The lowest BCUT2D eigenvalue weighted by atomic mass is 10.1. The molecule has 0 radical (unpaired) electrons. The normalized spacial score (nSPS) is 11.5. The Labute approximate surface area is 112 Å². The van der Waals surface area contributed by atoms with Gasteiger partial charge < -0.3 is 14.8 Å². The van der Waals surface area contributed by atoms with Gasteiger partial charge in [0, 0.05) is 6.04 Å². The summed E-state index contributed by atoms with van der Waals surface area (Å²) in [6.07, 6.45) is 0.420. The first-order valence-corrected chi connectivity index (χ1v) is 6.04. The zero-order chi connectivity index (χ0) is 14.3. The SMILES string of the molecule is COC(=O)CC(C)NC(=O)Cc1cccc(OC)c1. The summed E-state index contributed by atoms with van der Waals surface area (Å²) in [7, 11) is 2.91. The smallest absolute Gasteiger partial charge is 0.307 e. The standard InChI is InChI=1S/C14H19NO4/c1-10(7-14(17)19-3)15-13(16)9-11-5-4-6-12(8-11)18-2/h4-6,8,10H,7,9H2,1-3H3,(H,15,16). The van der Waals surface area contributed by atoms with Crippen LogP contribution in [0, 0.1) is 0 Å². The second-order valence-electron chi connectivity index (χ2n) is 4.28. The van der Waals surface area contributed by atoms with Crippen LogP contribution in [0.4, 0.5) is 0 Å². The fraction of sp³-hybridized carbons (Fsp3) is 0.429.